The van der Waals surface area contributed by atoms with Gasteiger partial charge in [0.1, 0.15) is 5.82 Å². The van der Waals surface area contributed by atoms with Gasteiger partial charge in [-0.15, -0.1) is 11.3 Å². The first-order valence-corrected chi connectivity index (χ1v) is 8.70. The summed E-state index contributed by atoms with van der Waals surface area (Å²) in [5, 5.41) is 3.44. The molecule has 6 heteroatoms. The number of nitrogens with one attached hydrogen (secondary N) is 1. The first-order valence-electron chi connectivity index (χ1n) is 7.50. The normalized spacial score (nSPS) is 11.0. The Morgan fingerprint density at radius 1 is 1.20 bits per heavy atom. The first-order chi connectivity index (χ1) is 12.0. The Balaban J connectivity index is 1.75. The van der Waals surface area contributed by atoms with Gasteiger partial charge in [0.25, 0.3) is 0 Å². The molecule has 3 nitrogen and oxygen atoms in total. The third-order valence-electron chi connectivity index (χ3n) is 3.48. The van der Waals surface area contributed by atoms with Gasteiger partial charge in [-0.3, -0.25) is 10.1 Å². The van der Waals surface area contributed by atoms with Crippen LogP contribution in [0.5, 0.6) is 0 Å². The number of carbonyl (C=O) groups is 1. The highest BCUT2D eigenvalue weighted by molar-refractivity contribution is 7.16. The van der Waals surface area contributed by atoms with Crippen LogP contribution in [0.1, 0.15) is 10.4 Å². The Bertz CT molecular complexity index is 918. The van der Waals surface area contributed by atoms with Crippen LogP contribution in [0.2, 0.25) is 5.02 Å². The van der Waals surface area contributed by atoms with E-state index < -0.39 is 11.7 Å². The van der Waals surface area contributed by atoms with Crippen molar-refractivity contribution >= 4 is 40.1 Å². The van der Waals surface area contributed by atoms with Crippen LogP contribution in [0.4, 0.5) is 9.52 Å². The van der Waals surface area contributed by atoms with Crippen LogP contribution in [0.15, 0.2) is 54.6 Å². The predicted octanol–water partition coefficient (Wildman–Crippen LogP) is 5.56. The number of carbonyl (C=O) groups excluding carboxylic acids is 1. The molecule has 0 bridgehead atoms. The van der Waals surface area contributed by atoms with E-state index in [1.54, 1.807) is 6.07 Å². The molecule has 0 radical (unpaired) electrons. The van der Waals surface area contributed by atoms with Crippen molar-refractivity contribution in [3.63, 3.8) is 0 Å². The molecule has 0 fully saturated rings. The zero-order chi connectivity index (χ0) is 17.8. The third kappa shape index (κ3) is 4.13. The highest BCUT2D eigenvalue weighted by Gasteiger charge is 2.11. The molecule has 2 aromatic carbocycles. The van der Waals surface area contributed by atoms with E-state index >= 15 is 0 Å². The smallest absolute Gasteiger partial charge is 0.250 e. The molecule has 0 spiro atoms. The number of amides is 1. The minimum Gasteiger partial charge on any atom is -0.298 e. The van der Waals surface area contributed by atoms with Crippen molar-refractivity contribution in [3.05, 3.63) is 75.9 Å². The highest BCUT2D eigenvalue weighted by Crippen LogP contribution is 2.30. The van der Waals surface area contributed by atoms with Crippen molar-refractivity contribution < 1.29 is 9.18 Å². The largest absolute Gasteiger partial charge is 0.298 e. The third-order valence-corrected chi connectivity index (χ3v) is 4.69. The predicted molar refractivity (Wildman–Crippen MR) is 101 cm³/mol. The van der Waals surface area contributed by atoms with E-state index in [9.17, 15) is 9.18 Å². The monoisotopic (exact) mass is 372 g/mol. The Kier molecular flexibility index (Phi) is 5.26. The Hall–Kier alpha value is -2.50. The molecule has 0 saturated carbocycles. The number of anilines is 1. The van der Waals surface area contributed by atoms with Crippen LogP contribution in [0, 0.1) is 12.7 Å². The lowest BCUT2D eigenvalue weighted by Crippen LogP contribution is -2.07. The van der Waals surface area contributed by atoms with E-state index in [1.807, 2.05) is 37.3 Å². The van der Waals surface area contributed by atoms with Gasteiger partial charge < -0.3 is 0 Å². The van der Waals surface area contributed by atoms with E-state index in [4.69, 9.17) is 11.6 Å². The fraction of sp³-hybridized carbons (Fsp3) is 0.0526. The van der Waals surface area contributed by atoms with Crippen molar-refractivity contribution in [1.82, 2.24) is 4.98 Å². The number of nitrogens with zero attached hydrogens (tertiary/aromatic N) is 1. The second-order valence-corrected chi connectivity index (χ2v) is 6.86. The summed E-state index contributed by atoms with van der Waals surface area (Å²) >= 11 is 7.32. The standard InChI is InChI=1S/C19H14ClFN2OS/c1-12-18(13-6-3-2-4-7-13)23-19(25-12)22-17(24)11-10-14-15(20)8-5-9-16(14)21/h2-11H,1H3,(H,22,23,24). The van der Waals surface area contributed by atoms with E-state index in [0.717, 1.165) is 16.1 Å². The lowest BCUT2D eigenvalue weighted by Gasteiger charge is -2.00. The zero-order valence-electron chi connectivity index (χ0n) is 13.3. The molecule has 1 amide bonds. The molecule has 0 aliphatic rings. The minimum absolute atomic E-state index is 0.180. The SMILES string of the molecule is Cc1sc(NC(=O)C=Cc2c(F)cccc2Cl)nc1-c1ccccc1. The summed E-state index contributed by atoms with van der Waals surface area (Å²) in [5.41, 5.74) is 2.01. The molecule has 3 rings (SSSR count). The van der Waals surface area contributed by atoms with Gasteiger partial charge in [-0.1, -0.05) is 48.0 Å². The summed E-state index contributed by atoms with van der Waals surface area (Å²) in [7, 11) is 0. The van der Waals surface area contributed by atoms with Crippen LogP contribution < -0.4 is 5.32 Å². The van der Waals surface area contributed by atoms with Crippen LogP contribution in [0.25, 0.3) is 17.3 Å². The first kappa shape index (κ1) is 17.3. The number of hydrogen-bond acceptors (Lipinski definition) is 3. The molecule has 25 heavy (non-hydrogen) atoms. The van der Waals surface area contributed by atoms with Crippen molar-refractivity contribution in [1.29, 1.82) is 0 Å². The van der Waals surface area contributed by atoms with Crippen molar-refractivity contribution in [2.75, 3.05) is 5.32 Å². The van der Waals surface area contributed by atoms with E-state index in [2.05, 4.69) is 10.3 Å². The molecule has 3 aromatic rings. The second kappa shape index (κ2) is 7.59. The van der Waals surface area contributed by atoms with Crippen molar-refractivity contribution in [3.8, 4) is 11.3 Å². The number of rotatable bonds is 4. The maximum Gasteiger partial charge on any atom is 0.250 e. The fourth-order valence-corrected chi connectivity index (χ4v) is 3.35. The Labute approximate surface area is 153 Å². The molecule has 126 valence electrons. The van der Waals surface area contributed by atoms with Crippen molar-refractivity contribution in [2.24, 2.45) is 0 Å². The van der Waals surface area contributed by atoms with Crippen LogP contribution in [0.3, 0.4) is 0 Å². The van der Waals surface area contributed by atoms with Gasteiger partial charge in [0.2, 0.25) is 5.91 Å². The van der Waals surface area contributed by atoms with E-state index in [-0.39, 0.29) is 10.6 Å². The van der Waals surface area contributed by atoms with Crippen LogP contribution in [-0.4, -0.2) is 10.9 Å². The van der Waals surface area contributed by atoms with Crippen molar-refractivity contribution in [2.45, 2.75) is 6.92 Å². The topological polar surface area (TPSA) is 42.0 Å². The van der Waals surface area contributed by atoms with E-state index in [0.29, 0.717) is 5.13 Å². The van der Waals surface area contributed by atoms with Gasteiger partial charge in [-0.25, -0.2) is 9.37 Å². The highest BCUT2D eigenvalue weighted by atomic mass is 35.5. The number of hydrogen-bond donors (Lipinski definition) is 1. The number of thiazole rings is 1. The summed E-state index contributed by atoms with van der Waals surface area (Å²) in [6, 6.07) is 14.1. The fourth-order valence-electron chi connectivity index (χ4n) is 2.29. The van der Waals surface area contributed by atoms with Gasteiger partial charge in [0.05, 0.1) is 10.7 Å². The number of benzene rings is 2. The Morgan fingerprint density at radius 3 is 2.68 bits per heavy atom. The molecule has 0 saturated heterocycles. The molecule has 1 N–H and O–H groups in total. The Morgan fingerprint density at radius 2 is 1.96 bits per heavy atom. The number of halogens is 2. The molecule has 0 atom stereocenters. The molecule has 0 unspecified atom stereocenters. The summed E-state index contributed by atoms with van der Waals surface area (Å²) in [5.74, 6) is -0.874. The minimum atomic E-state index is -0.479. The van der Waals surface area contributed by atoms with E-state index in [1.165, 1.54) is 35.6 Å². The number of aromatic nitrogens is 1. The molecular weight excluding hydrogens is 359 g/mol. The average Bonchev–Trinajstić information content (AvgIpc) is 2.95. The van der Waals surface area contributed by atoms with Gasteiger partial charge >= 0.3 is 0 Å². The molecule has 1 heterocycles. The van der Waals surface area contributed by atoms with Gasteiger partial charge in [-0.2, -0.15) is 0 Å². The number of aryl methyl sites for hydroxylation is 1. The summed E-state index contributed by atoms with van der Waals surface area (Å²) in [6.45, 7) is 1.95. The summed E-state index contributed by atoms with van der Waals surface area (Å²) < 4.78 is 13.7. The average molecular weight is 373 g/mol. The van der Waals surface area contributed by atoms with Gasteiger partial charge in [-0.05, 0) is 25.1 Å². The maximum atomic E-state index is 13.7. The van der Waals surface area contributed by atoms with Crippen LogP contribution >= 0.6 is 22.9 Å². The van der Waals surface area contributed by atoms with Gasteiger partial charge in [0.15, 0.2) is 5.13 Å². The molecule has 0 aliphatic heterocycles. The second-order valence-electron chi connectivity index (χ2n) is 5.25. The van der Waals surface area contributed by atoms with Gasteiger partial charge in [0, 0.05) is 22.1 Å². The molecular formula is C19H14ClFN2OS. The quantitative estimate of drug-likeness (QED) is 0.609. The lowest BCUT2D eigenvalue weighted by molar-refractivity contribution is -0.111. The molecule has 1 aromatic heterocycles. The molecule has 0 aliphatic carbocycles. The maximum absolute atomic E-state index is 13.7. The summed E-state index contributed by atoms with van der Waals surface area (Å²) in [4.78, 5) is 17.5. The van der Waals surface area contributed by atoms with Crippen LogP contribution in [-0.2, 0) is 4.79 Å². The summed E-state index contributed by atoms with van der Waals surface area (Å²) in [6.07, 6.45) is 2.59. The zero-order valence-corrected chi connectivity index (χ0v) is 14.9. The lowest BCUT2D eigenvalue weighted by atomic mass is 10.1.